The van der Waals surface area contributed by atoms with Gasteiger partial charge in [0, 0.05) is 16.6 Å². The van der Waals surface area contributed by atoms with E-state index in [1.165, 1.54) is 39.9 Å². The predicted molar refractivity (Wildman–Crippen MR) is 114 cm³/mol. The molecule has 0 radical (unpaired) electrons. The van der Waals surface area contributed by atoms with E-state index in [-0.39, 0.29) is 23.8 Å². The standard InChI is InChI=1S/C22H18FN3O2S/c1-2-14-3-9-17(10-4-14)25-19(27)11-26-13-24-20-18(12-29-21(20)22(26)28)15-5-7-16(23)8-6-15/h3-10,12-13H,2,11H2,1H3,(H,25,27). The molecule has 29 heavy (non-hydrogen) atoms. The number of nitrogens with one attached hydrogen (secondary N) is 1. The Morgan fingerprint density at radius 1 is 1.14 bits per heavy atom. The molecule has 0 fully saturated rings. The Morgan fingerprint density at radius 2 is 1.86 bits per heavy atom. The van der Waals surface area contributed by atoms with Gasteiger partial charge >= 0.3 is 0 Å². The van der Waals surface area contributed by atoms with Crippen LogP contribution in [-0.4, -0.2) is 15.5 Å². The van der Waals surface area contributed by atoms with Gasteiger partial charge < -0.3 is 5.32 Å². The maximum absolute atomic E-state index is 13.2. The van der Waals surface area contributed by atoms with Crippen LogP contribution in [0.4, 0.5) is 10.1 Å². The lowest BCUT2D eigenvalue weighted by Crippen LogP contribution is -2.27. The van der Waals surface area contributed by atoms with E-state index in [0.717, 1.165) is 17.5 Å². The summed E-state index contributed by atoms with van der Waals surface area (Å²) in [4.78, 5) is 29.5. The summed E-state index contributed by atoms with van der Waals surface area (Å²) in [5, 5.41) is 4.62. The first-order valence-electron chi connectivity index (χ1n) is 9.16. The molecule has 7 heteroatoms. The number of hydrogen-bond donors (Lipinski definition) is 1. The highest BCUT2D eigenvalue weighted by atomic mass is 32.1. The van der Waals surface area contributed by atoms with Gasteiger partial charge in [-0.05, 0) is 41.8 Å². The molecule has 2 aromatic heterocycles. The third kappa shape index (κ3) is 3.95. The van der Waals surface area contributed by atoms with Gasteiger partial charge in [-0.25, -0.2) is 9.37 Å². The van der Waals surface area contributed by atoms with Gasteiger partial charge in [-0.3, -0.25) is 14.2 Å². The Balaban J connectivity index is 1.56. The highest BCUT2D eigenvalue weighted by Crippen LogP contribution is 2.30. The lowest BCUT2D eigenvalue weighted by atomic mass is 10.1. The molecule has 0 bridgehead atoms. The maximum Gasteiger partial charge on any atom is 0.271 e. The molecule has 1 amide bonds. The van der Waals surface area contributed by atoms with E-state index in [9.17, 15) is 14.0 Å². The molecule has 0 aliphatic heterocycles. The minimum atomic E-state index is -0.320. The van der Waals surface area contributed by atoms with Gasteiger partial charge in [0.25, 0.3) is 5.56 Å². The van der Waals surface area contributed by atoms with Crippen molar-refractivity contribution in [2.24, 2.45) is 0 Å². The lowest BCUT2D eigenvalue weighted by molar-refractivity contribution is -0.116. The van der Waals surface area contributed by atoms with Crippen molar-refractivity contribution in [1.29, 1.82) is 0 Å². The van der Waals surface area contributed by atoms with Crippen LogP contribution in [0.1, 0.15) is 12.5 Å². The van der Waals surface area contributed by atoms with Gasteiger partial charge in [0.05, 0.1) is 11.8 Å². The third-order valence-corrected chi connectivity index (χ3v) is 5.62. The van der Waals surface area contributed by atoms with Crippen LogP contribution in [0.3, 0.4) is 0 Å². The lowest BCUT2D eigenvalue weighted by Gasteiger charge is -2.08. The van der Waals surface area contributed by atoms with Crippen LogP contribution >= 0.6 is 11.3 Å². The highest BCUT2D eigenvalue weighted by molar-refractivity contribution is 7.17. The molecule has 0 saturated carbocycles. The molecule has 5 nitrogen and oxygen atoms in total. The first kappa shape index (κ1) is 19.0. The fraction of sp³-hybridized carbons (Fsp3) is 0.136. The molecule has 4 aromatic rings. The Labute approximate surface area is 170 Å². The summed E-state index contributed by atoms with van der Waals surface area (Å²) in [5.41, 5.74) is 3.71. The second kappa shape index (κ2) is 7.97. The number of hydrogen-bond acceptors (Lipinski definition) is 4. The summed E-state index contributed by atoms with van der Waals surface area (Å²) >= 11 is 1.27. The number of fused-ring (bicyclic) bond motifs is 1. The van der Waals surface area contributed by atoms with Crippen LogP contribution in [0.5, 0.6) is 0 Å². The van der Waals surface area contributed by atoms with E-state index in [4.69, 9.17) is 0 Å². The summed E-state index contributed by atoms with van der Waals surface area (Å²) < 4.78 is 14.9. The Bertz CT molecular complexity index is 1230. The number of amides is 1. The van der Waals surface area contributed by atoms with Crippen LogP contribution in [0.25, 0.3) is 21.3 Å². The minimum absolute atomic E-state index is 0.124. The largest absolute Gasteiger partial charge is 0.325 e. The zero-order chi connectivity index (χ0) is 20.4. The zero-order valence-corrected chi connectivity index (χ0v) is 16.5. The third-order valence-electron chi connectivity index (χ3n) is 4.66. The second-order valence-electron chi connectivity index (χ2n) is 6.61. The molecule has 0 unspecified atom stereocenters. The van der Waals surface area contributed by atoms with E-state index in [0.29, 0.717) is 15.9 Å². The normalized spacial score (nSPS) is 11.0. The van der Waals surface area contributed by atoms with Gasteiger partial charge in [-0.15, -0.1) is 11.3 Å². The average molecular weight is 407 g/mol. The first-order valence-corrected chi connectivity index (χ1v) is 10.0. The molecule has 1 N–H and O–H groups in total. The van der Waals surface area contributed by atoms with Gasteiger partial charge in [0.15, 0.2) is 0 Å². The number of thiophene rings is 1. The fourth-order valence-electron chi connectivity index (χ4n) is 3.07. The minimum Gasteiger partial charge on any atom is -0.325 e. The Hall–Kier alpha value is -3.32. The summed E-state index contributed by atoms with van der Waals surface area (Å²) in [5.74, 6) is -0.619. The highest BCUT2D eigenvalue weighted by Gasteiger charge is 2.14. The van der Waals surface area contributed by atoms with Crippen molar-refractivity contribution in [2.75, 3.05) is 5.32 Å². The molecule has 2 aromatic carbocycles. The molecule has 0 saturated heterocycles. The average Bonchev–Trinajstić information content (AvgIpc) is 3.16. The topological polar surface area (TPSA) is 64.0 Å². The van der Waals surface area contributed by atoms with Crippen molar-refractivity contribution in [3.63, 3.8) is 0 Å². The van der Waals surface area contributed by atoms with Crippen molar-refractivity contribution < 1.29 is 9.18 Å². The fourth-order valence-corrected chi connectivity index (χ4v) is 4.04. The molecule has 146 valence electrons. The molecule has 0 spiro atoms. The van der Waals surface area contributed by atoms with E-state index in [2.05, 4.69) is 17.2 Å². The summed E-state index contributed by atoms with van der Waals surface area (Å²) in [6.07, 6.45) is 2.31. The zero-order valence-electron chi connectivity index (χ0n) is 15.7. The molecular formula is C22H18FN3O2S. The van der Waals surface area contributed by atoms with Gasteiger partial charge in [-0.2, -0.15) is 0 Å². The van der Waals surface area contributed by atoms with Crippen molar-refractivity contribution in [3.8, 4) is 11.1 Å². The van der Waals surface area contributed by atoms with Gasteiger partial charge in [0.2, 0.25) is 5.91 Å². The summed E-state index contributed by atoms with van der Waals surface area (Å²) in [6.45, 7) is 1.94. The monoisotopic (exact) mass is 407 g/mol. The number of aryl methyl sites for hydroxylation is 1. The van der Waals surface area contributed by atoms with Crippen molar-refractivity contribution in [2.45, 2.75) is 19.9 Å². The number of nitrogens with zero attached hydrogens (tertiary/aromatic N) is 2. The summed E-state index contributed by atoms with van der Waals surface area (Å²) in [6, 6.07) is 13.7. The smallest absolute Gasteiger partial charge is 0.271 e. The van der Waals surface area contributed by atoms with Crippen molar-refractivity contribution >= 4 is 33.1 Å². The number of aromatic nitrogens is 2. The second-order valence-corrected chi connectivity index (χ2v) is 7.49. The van der Waals surface area contributed by atoms with Crippen LogP contribution < -0.4 is 10.9 Å². The van der Waals surface area contributed by atoms with Gasteiger partial charge in [0.1, 0.15) is 17.1 Å². The van der Waals surface area contributed by atoms with Crippen molar-refractivity contribution in [1.82, 2.24) is 9.55 Å². The van der Waals surface area contributed by atoms with Crippen molar-refractivity contribution in [3.05, 3.63) is 82.0 Å². The summed E-state index contributed by atoms with van der Waals surface area (Å²) in [7, 11) is 0. The Morgan fingerprint density at radius 3 is 2.55 bits per heavy atom. The number of carbonyl (C=O) groups excluding carboxylic acids is 1. The molecular weight excluding hydrogens is 389 g/mol. The number of benzene rings is 2. The number of carbonyl (C=O) groups is 1. The SMILES string of the molecule is CCc1ccc(NC(=O)Cn2cnc3c(-c4ccc(F)cc4)csc3c2=O)cc1. The van der Waals surface area contributed by atoms with Crippen LogP contribution in [-0.2, 0) is 17.8 Å². The molecule has 0 aliphatic rings. The molecule has 0 atom stereocenters. The Kier molecular flexibility index (Phi) is 5.22. The number of anilines is 1. The molecule has 2 heterocycles. The maximum atomic E-state index is 13.2. The number of halogens is 1. The van der Waals surface area contributed by atoms with Crippen LogP contribution in [0, 0.1) is 5.82 Å². The number of rotatable bonds is 5. The molecule has 0 aliphatic carbocycles. The van der Waals surface area contributed by atoms with Gasteiger partial charge in [-0.1, -0.05) is 31.2 Å². The predicted octanol–water partition coefficient (Wildman–Crippen LogP) is 4.47. The first-order chi connectivity index (χ1) is 14.0. The van der Waals surface area contributed by atoms with E-state index in [1.54, 1.807) is 12.1 Å². The van der Waals surface area contributed by atoms with E-state index in [1.807, 2.05) is 29.6 Å². The quantitative estimate of drug-likeness (QED) is 0.531. The van der Waals surface area contributed by atoms with E-state index >= 15 is 0 Å². The van der Waals surface area contributed by atoms with Crippen LogP contribution in [0.2, 0.25) is 0 Å². The van der Waals surface area contributed by atoms with E-state index < -0.39 is 0 Å². The van der Waals surface area contributed by atoms with Crippen LogP contribution in [0.15, 0.2) is 65.0 Å². The molecule has 4 rings (SSSR count).